The summed E-state index contributed by atoms with van der Waals surface area (Å²) in [6.45, 7) is 3.10. The van der Waals surface area contributed by atoms with Crippen molar-refractivity contribution in [3.05, 3.63) is 41.4 Å². The fourth-order valence-electron chi connectivity index (χ4n) is 3.09. The van der Waals surface area contributed by atoms with Crippen molar-refractivity contribution in [3.63, 3.8) is 0 Å². The van der Waals surface area contributed by atoms with Crippen LogP contribution in [-0.4, -0.2) is 64.8 Å². The van der Waals surface area contributed by atoms with Crippen LogP contribution in [0.1, 0.15) is 23.3 Å². The molecule has 1 aliphatic rings. The summed E-state index contributed by atoms with van der Waals surface area (Å²) in [5, 5.41) is 17.3. The number of amides is 1. The molecular weight excluding hydrogens is 396 g/mol. The summed E-state index contributed by atoms with van der Waals surface area (Å²) in [7, 11) is 0. The molecule has 2 aromatic rings. The monoisotopic (exact) mass is 420 g/mol. The van der Waals surface area contributed by atoms with E-state index in [2.05, 4.69) is 15.6 Å². The van der Waals surface area contributed by atoms with E-state index in [1.165, 1.54) is 23.1 Å². The number of carbonyl (C=O) groups is 2. The molecule has 2 heterocycles. The molecule has 1 amide bonds. The number of carboxylic acids is 1. The Bertz CT molecular complexity index is 784. The Hall–Kier alpha value is -2.10. The second kappa shape index (κ2) is 10.4. The number of hydrogen-bond acceptors (Lipinski definition) is 7. The zero-order valence-corrected chi connectivity index (χ0v) is 17.1. The number of thiazole rings is 1. The Kier molecular flexibility index (Phi) is 7.70. The van der Waals surface area contributed by atoms with Crippen LogP contribution in [0.2, 0.25) is 0 Å². The van der Waals surface area contributed by atoms with Gasteiger partial charge in [0.2, 0.25) is 5.91 Å². The van der Waals surface area contributed by atoms with Gasteiger partial charge in [0.1, 0.15) is 0 Å². The number of hydrogen-bond donors (Lipinski definition) is 3. The number of para-hydroxylation sites is 1. The van der Waals surface area contributed by atoms with Gasteiger partial charge < -0.3 is 20.6 Å². The first-order valence-electron chi connectivity index (χ1n) is 9.24. The van der Waals surface area contributed by atoms with Crippen LogP contribution in [0.15, 0.2) is 40.1 Å². The van der Waals surface area contributed by atoms with E-state index < -0.39 is 5.97 Å². The van der Waals surface area contributed by atoms with Crippen LogP contribution < -0.4 is 10.6 Å². The van der Waals surface area contributed by atoms with Crippen molar-refractivity contribution in [1.29, 1.82) is 0 Å². The quantitative estimate of drug-likeness (QED) is 0.380. The summed E-state index contributed by atoms with van der Waals surface area (Å²) in [5.74, 6) is -0.101. The number of carboxylic acid groups (broad SMARTS) is 1. The number of benzene rings is 1. The van der Waals surface area contributed by atoms with Crippen LogP contribution in [0.3, 0.4) is 0 Å². The zero-order valence-electron chi connectivity index (χ0n) is 15.5. The number of aromatic nitrogens is 1. The molecule has 1 fully saturated rings. The van der Waals surface area contributed by atoms with Gasteiger partial charge in [0.05, 0.1) is 0 Å². The van der Waals surface area contributed by atoms with Gasteiger partial charge in [0.25, 0.3) is 0 Å². The molecule has 7 nitrogen and oxygen atoms in total. The van der Waals surface area contributed by atoms with E-state index in [-0.39, 0.29) is 17.6 Å². The normalized spacial score (nSPS) is 16.5. The molecule has 9 heteroatoms. The Balaban J connectivity index is 1.36. The van der Waals surface area contributed by atoms with Gasteiger partial charge in [-0.15, -0.1) is 11.3 Å². The van der Waals surface area contributed by atoms with Gasteiger partial charge in [-0.2, -0.15) is 0 Å². The van der Waals surface area contributed by atoms with Crippen LogP contribution in [0.25, 0.3) is 0 Å². The standard InChI is InChI=1S/C19H24N4O3S2/c24-17-7-6-15(12-20-8-9-21-14-4-2-1-3-5-14)23(17)10-11-27-19-22-16(13-28-19)18(25)26/h1-5,13,15,20-21H,6-12H2,(H,25,26). The molecule has 3 rings (SSSR count). The van der Waals surface area contributed by atoms with Gasteiger partial charge in [-0.1, -0.05) is 30.0 Å². The summed E-state index contributed by atoms with van der Waals surface area (Å²) >= 11 is 2.83. The summed E-state index contributed by atoms with van der Waals surface area (Å²) in [4.78, 5) is 29.1. The second-order valence-corrected chi connectivity index (χ2v) is 8.63. The van der Waals surface area contributed by atoms with Gasteiger partial charge in [0.15, 0.2) is 10.0 Å². The Labute approximate surface area is 172 Å². The molecule has 1 aromatic carbocycles. The Morgan fingerprint density at radius 1 is 1.32 bits per heavy atom. The minimum atomic E-state index is -1.01. The lowest BCUT2D eigenvalue weighted by Gasteiger charge is -2.25. The van der Waals surface area contributed by atoms with E-state index >= 15 is 0 Å². The minimum Gasteiger partial charge on any atom is -0.476 e. The van der Waals surface area contributed by atoms with Crippen LogP contribution in [0, 0.1) is 0 Å². The highest BCUT2D eigenvalue weighted by Gasteiger charge is 2.30. The molecule has 1 saturated heterocycles. The van der Waals surface area contributed by atoms with E-state index in [1.807, 2.05) is 35.2 Å². The van der Waals surface area contributed by atoms with Crippen molar-refractivity contribution in [3.8, 4) is 0 Å². The number of nitrogens with zero attached hydrogens (tertiary/aromatic N) is 2. The summed E-state index contributed by atoms with van der Waals surface area (Å²) in [5.41, 5.74) is 1.18. The Morgan fingerprint density at radius 3 is 2.89 bits per heavy atom. The average Bonchev–Trinajstić information content (AvgIpc) is 3.30. The lowest BCUT2D eigenvalue weighted by Crippen LogP contribution is -2.42. The number of aromatic carboxylic acids is 1. The van der Waals surface area contributed by atoms with Crippen molar-refractivity contribution in [1.82, 2.24) is 15.2 Å². The smallest absolute Gasteiger partial charge is 0.355 e. The zero-order chi connectivity index (χ0) is 19.8. The van der Waals surface area contributed by atoms with E-state index in [0.29, 0.717) is 18.7 Å². The van der Waals surface area contributed by atoms with Crippen LogP contribution in [-0.2, 0) is 4.79 Å². The highest BCUT2D eigenvalue weighted by atomic mass is 32.2. The van der Waals surface area contributed by atoms with Crippen molar-refractivity contribution in [2.24, 2.45) is 0 Å². The molecule has 1 aliphatic heterocycles. The molecule has 0 spiro atoms. The molecule has 0 radical (unpaired) electrons. The maximum atomic E-state index is 12.2. The number of nitrogens with one attached hydrogen (secondary N) is 2. The third-order valence-electron chi connectivity index (χ3n) is 4.50. The maximum Gasteiger partial charge on any atom is 0.355 e. The summed E-state index contributed by atoms with van der Waals surface area (Å²) in [6.07, 6.45) is 1.47. The number of carbonyl (C=O) groups excluding carboxylic acids is 1. The lowest BCUT2D eigenvalue weighted by molar-refractivity contribution is -0.128. The predicted octanol–water partition coefficient (Wildman–Crippen LogP) is 2.63. The maximum absolute atomic E-state index is 12.2. The fraction of sp³-hybridized carbons (Fsp3) is 0.421. The molecule has 1 aromatic heterocycles. The molecule has 1 unspecified atom stereocenters. The van der Waals surface area contributed by atoms with Gasteiger partial charge in [0, 0.05) is 55.5 Å². The third kappa shape index (κ3) is 5.95. The number of likely N-dealkylation sites (tertiary alicyclic amines) is 1. The van der Waals surface area contributed by atoms with Crippen molar-refractivity contribution >= 4 is 40.7 Å². The van der Waals surface area contributed by atoms with Crippen LogP contribution >= 0.6 is 23.1 Å². The van der Waals surface area contributed by atoms with Crippen molar-refractivity contribution in [2.45, 2.75) is 23.2 Å². The van der Waals surface area contributed by atoms with Crippen LogP contribution in [0.5, 0.6) is 0 Å². The molecule has 0 saturated carbocycles. The fourth-order valence-corrected chi connectivity index (χ4v) is 4.89. The highest BCUT2D eigenvalue weighted by molar-refractivity contribution is 8.01. The molecule has 3 N–H and O–H groups in total. The molecular formula is C19H24N4O3S2. The van der Waals surface area contributed by atoms with Crippen LogP contribution in [0.4, 0.5) is 5.69 Å². The first-order valence-corrected chi connectivity index (χ1v) is 11.1. The van der Waals surface area contributed by atoms with Crippen molar-refractivity contribution in [2.75, 3.05) is 37.2 Å². The molecule has 0 bridgehead atoms. The van der Waals surface area contributed by atoms with Gasteiger partial charge in [-0.25, -0.2) is 9.78 Å². The molecule has 150 valence electrons. The third-order valence-corrected chi connectivity index (χ3v) is 6.50. The van der Waals surface area contributed by atoms with Crippen molar-refractivity contribution < 1.29 is 14.7 Å². The lowest BCUT2D eigenvalue weighted by atomic mass is 10.2. The van der Waals surface area contributed by atoms with Gasteiger partial charge in [-0.05, 0) is 18.6 Å². The molecule has 1 atom stereocenters. The highest BCUT2D eigenvalue weighted by Crippen LogP contribution is 2.24. The first kappa shape index (κ1) is 20.6. The molecule has 0 aliphatic carbocycles. The topological polar surface area (TPSA) is 94.6 Å². The predicted molar refractivity (Wildman–Crippen MR) is 112 cm³/mol. The Morgan fingerprint density at radius 2 is 2.14 bits per heavy atom. The number of thioether (sulfide) groups is 1. The largest absolute Gasteiger partial charge is 0.476 e. The van der Waals surface area contributed by atoms with Gasteiger partial charge >= 0.3 is 5.97 Å². The summed E-state index contributed by atoms with van der Waals surface area (Å²) < 4.78 is 0.728. The van der Waals surface area contributed by atoms with E-state index in [9.17, 15) is 9.59 Å². The average molecular weight is 421 g/mol. The summed E-state index contributed by atoms with van der Waals surface area (Å²) in [6, 6.07) is 10.3. The van der Waals surface area contributed by atoms with E-state index in [4.69, 9.17) is 5.11 Å². The molecule has 28 heavy (non-hydrogen) atoms. The second-order valence-electron chi connectivity index (χ2n) is 6.43. The SMILES string of the molecule is O=C(O)c1csc(SCCN2C(=O)CCC2CNCCNc2ccccc2)n1. The van der Waals surface area contributed by atoms with E-state index in [1.54, 1.807) is 5.38 Å². The van der Waals surface area contributed by atoms with Gasteiger partial charge in [-0.3, -0.25) is 4.79 Å². The number of anilines is 1. The van der Waals surface area contributed by atoms with E-state index in [0.717, 1.165) is 36.1 Å². The minimum absolute atomic E-state index is 0.0796. The first-order chi connectivity index (χ1) is 13.6. The number of rotatable bonds is 11.